The molecule has 0 spiro atoms. The number of nitrogens with one attached hydrogen (secondary N) is 1. The van der Waals surface area contributed by atoms with E-state index in [1.165, 1.54) is 12.1 Å². The summed E-state index contributed by atoms with van der Waals surface area (Å²) in [7, 11) is 0. The Bertz CT molecular complexity index is 905. The van der Waals surface area contributed by atoms with E-state index in [-0.39, 0.29) is 11.7 Å². The van der Waals surface area contributed by atoms with Gasteiger partial charge in [-0.15, -0.1) is 11.3 Å². The summed E-state index contributed by atoms with van der Waals surface area (Å²) in [5, 5.41) is 4.83. The van der Waals surface area contributed by atoms with Crippen LogP contribution in [0.5, 0.6) is 0 Å². The highest BCUT2D eigenvalue weighted by molar-refractivity contribution is 7.17. The van der Waals surface area contributed by atoms with Gasteiger partial charge in [-0.1, -0.05) is 0 Å². The molecule has 8 heteroatoms. The van der Waals surface area contributed by atoms with Crippen LogP contribution in [0.1, 0.15) is 0 Å². The number of nitrogens with zero attached hydrogens (tertiary/aromatic N) is 4. The molecule has 3 heterocycles. The molecule has 1 fully saturated rings. The first-order valence-corrected chi connectivity index (χ1v) is 9.28. The number of benzene rings is 1. The molecule has 1 saturated heterocycles. The predicted octanol–water partition coefficient (Wildman–Crippen LogP) is 2.59. The van der Waals surface area contributed by atoms with Crippen molar-refractivity contribution in [2.24, 2.45) is 0 Å². The lowest BCUT2D eigenvalue weighted by molar-refractivity contribution is -0.117. The maximum absolute atomic E-state index is 12.9. The van der Waals surface area contributed by atoms with Crippen molar-refractivity contribution in [1.29, 1.82) is 0 Å². The van der Waals surface area contributed by atoms with Gasteiger partial charge < -0.3 is 10.2 Å². The zero-order valence-corrected chi connectivity index (χ0v) is 14.9. The van der Waals surface area contributed by atoms with E-state index in [2.05, 4.69) is 25.1 Å². The standard InChI is InChI=1S/C18H18FN5OS/c19-13-1-3-14(4-2-13)22-16(25)11-23-6-8-24(9-7-23)18-17-15(5-10-26-17)20-12-21-18/h1-5,10,12H,6-9,11H2,(H,22,25). The van der Waals surface area contributed by atoms with Crippen molar-refractivity contribution >= 4 is 39.0 Å². The van der Waals surface area contributed by atoms with E-state index in [9.17, 15) is 9.18 Å². The van der Waals surface area contributed by atoms with E-state index in [1.807, 2.05) is 11.4 Å². The van der Waals surface area contributed by atoms with Crippen molar-refractivity contribution in [3.63, 3.8) is 0 Å². The Balaban J connectivity index is 1.33. The molecule has 0 unspecified atom stereocenters. The van der Waals surface area contributed by atoms with Gasteiger partial charge in [-0.3, -0.25) is 9.69 Å². The van der Waals surface area contributed by atoms with E-state index in [0.29, 0.717) is 12.2 Å². The SMILES string of the molecule is O=C(CN1CCN(c2ncnc3ccsc23)CC1)Nc1ccc(F)cc1. The summed E-state index contributed by atoms with van der Waals surface area (Å²) in [5.41, 5.74) is 1.58. The topological polar surface area (TPSA) is 61.4 Å². The number of fused-ring (bicyclic) bond motifs is 1. The van der Waals surface area contributed by atoms with Gasteiger partial charge in [0, 0.05) is 31.9 Å². The molecule has 134 valence electrons. The molecule has 3 aromatic rings. The second kappa shape index (κ2) is 7.35. The summed E-state index contributed by atoms with van der Waals surface area (Å²) in [6.45, 7) is 3.52. The van der Waals surface area contributed by atoms with Gasteiger partial charge in [0.25, 0.3) is 0 Å². The van der Waals surface area contributed by atoms with E-state index in [1.54, 1.807) is 29.8 Å². The summed E-state index contributed by atoms with van der Waals surface area (Å²) < 4.78 is 14.0. The van der Waals surface area contributed by atoms with E-state index in [4.69, 9.17) is 0 Å². The van der Waals surface area contributed by atoms with Gasteiger partial charge in [-0.05, 0) is 35.7 Å². The minimum Gasteiger partial charge on any atom is -0.353 e. The number of hydrogen-bond donors (Lipinski definition) is 1. The number of halogens is 1. The lowest BCUT2D eigenvalue weighted by Crippen LogP contribution is -2.49. The number of aromatic nitrogens is 2. The van der Waals surface area contributed by atoms with Gasteiger partial charge in [-0.2, -0.15) is 0 Å². The Kier molecular flexibility index (Phi) is 4.77. The van der Waals surface area contributed by atoms with Crippen molar-refractivity contribution in [3.8, 4) is 0 Å². The number of carbonyl (C=O) groups is 1. The van der Waals surface area contributed by atoms with Crippen LogP contribution in [0.3, 0.4) is 0 Å². The molecule has 2 aromatic heterocycles. The molecule has 0 bridgehead atoms. The molecular formula is C18H18FN5OS. The van der Waals surface area contributed by atoms with Crippen molar-refractivity contribution in [2.45, 2.75) is 0 Å². The van der Waals surface area contributed by atoms with E-state index >= 15 is 0 Å². The second-order valence-corrected chi connectivity index (χ2v) is 7.07. The fraction of sp³-hybridized carbons (Fsp3) is 0.278. The summed E-state index contributed by atoms with van der Waals surface area (Å²) in [5.74, 6) is 0.567. The van der Waals surface area contributed by atoms with Crippen molar-refractivity contribution in [3.05, 3.63) is 47.9 Å². The first kappa shape index (κ1) is 16.9. The molecule has 26 heavy (non-hydrogen) atoms. The van der Waals surface area contributed by atoms with Crippen LogP contribution in [0.4, 0.5) is 15.9 Å². The van der Waals surface area contributed by atoms with Gasteiger partial charge in [-0.25, -0.2) is 14.4 Å². The number of amides is 1. The molecule has 1 N–H and O–H groups in total. The van der Waals surface area contributed by atoms with Crippen LogP contribution in [-0.2, 0) is 4.79 Å². The zero-order valence-electron chi connectivity index (χ0n) is 14.1. The van der Waals surface area contributed by atoms with Gasteiger partial charge in [0.2, 0.25) is 5.91 Å². The van der Waals surface area contributed by atoms with Gasteiger partial charge in [0.05, 0.1) is 16.8 Å². The lowest BCUT2D eigenvalue weighted by atomic mass is 10.3. The molecule has 0 aliphatic carbocycles. The Labute approximate surface area is 154 Å². The number of anilines is 2. The number of rotatable bonds is 4. The zero-order chi connectivity index (χ0) is 17.9. The molecular weight excluding hydrogens is 353 g/mol. The molecule has 1 aliphatic rings. The van der Waals surface area contributed by atoms with Gasteiger partial charge in [0.1, 0.15) is 18.0 Å². The summed E-state index contributed by atoms with van der Waals surface area (Å²) in [4.78, 5) is 25.3. The maximum atomic E-state index is 12.9. The third kappa shape index (κ3) is 3.66. The number of piperazine rings is 1. The van der Waals surface area contributed by atoms with Crippen molar-refractivity contribution in [1.82, 2.24) is 14.9 Å². The van der Waals surface area contributed by atoms with Crippen LogP contribution >= 0.6 is 11.3 Å². The number of hydrogen-bond acceptors (Lipinski definition) is 6. The Morgan fingerprint density at radius 1 is 1.12 bits per heavy atom. The molecule has 0 radical (unpaired) electrons. The Morgan fingerprint density at radius 2 is 1.88 bits per heavy atom. The van der Waals surface area contributed by atoms with Crippen molar-refractivity contribution in [2.75, 3.05) is 42.9 Å². The highest BCUT2D eigenvalue weighted by Gasteiger charge is 2.21. The van der Waals surface area contributed by atoms with Crippen LogP contribution in [0.25, 0.3) is 10.2 Å². The highest BCUT2D eigenvalue weighted by atomic mass is 32.1. The minimum atomic E-state index is -0.316. The largest absolute Gasteiger partial charge is 0.353 e. The van der Waals surface area contributed by atoms with Gasteiger partial charge >= 0.3 is 0 Å². The molecule has 1 amide bonds. The fourth-order valence-corrected chi connectivity index (χ4v) is 3.92. The summed E-state index contributed by atoms with van der Waals surface area (Å²) >= 11 is 1.65. The third-order valence-electron chi connectivity index (χ3n) is 4.39. The highest BCUT2D eigenvalue weighted by Crippen LogP contribution is 2.28. The lowest BCUT2D eigenvalue weighted by Gasteiger charge is -2.35. The summed E-state index contributed by atoms with van der Waals surface area (Å²) in [6.07, 6.45) is 1.60. The average molecular weight is 371 g/mol. The Hall–Kier alpha value is -2.58. The quantitative estimate of drug-likeness (QED) is 0.764. The van der Waals surface area contributed by atoms with Crippen LogP contribution in [0, 0.1) is 5.82 Å². The number of carbonyl (C=O) groups excluding carboxylic acids is 1. The molecule has 6 nitrogen and oxygen atoms in total. The fourth-order valence-electron chi connectivity index (χ4n) is 3.06. The maximum Gasteiger partial charge on any atom is 0.238 e. The van der Waals surface area contributed by atoms with Crippen LogP contribution in [-0.4, -0.2) is 53.5 Å². The molecule has 4 rings (SSSR count). The van der Waals surface area contributed by atoms with Crippen LogP contribution in [0.15, 0.2) is 42.0 Å². The molecule has 0 atom stereocenters. The van der Waals surface area contributed by atoms with E-state index < -0.39 is 0 Å². The first-order chi connectivity index (χ1) is 12.7. The van der Waals surface area contributed by atoms with Crippen molar-refractivity contribution < 1.29 is 9.18 Å². The molecule has 0 saturated carbocycles. The Morgan fingerprint density at radius 3 is 2.65 bits per heavy atom. The van der Waals surface area contributed by atoms with E-state index in [0.717, 1.165) is 42.2 Å². The summed E-state index contributed by atoms with van der Waals surface area (Å²) in [6, 6.07) is 7.79. The first-order valence-electron chi connectivity index (χ1n) is 8.40. The normalized spacial score (nSPS) is 15.3. The average Bonchev–Trinajstić information content (AvgIpc) is 3.13. The van der Waals surface area contributed by atoms with Crippen LogP contribution in [0.2, 0.25) is 0 Å². The second-order valence-electron chi connectivity index (χ2n) is 6.15. The predicted molar refractivity (Wildman–Crippen MR) is 101 cm³/mol. The molecule has 1 aliphatic heterocycles. The minimum absolute atomic E-state index is 0.0901. The van der Waals surface area contributed by atoms with Crippen LogP contribution < -0.4 is 10.2 Å². The number of thiophene rings is 1. The monoisotopic (exact) mass is 371 g/mol. The molecule has 1 aromatic carbocycles. The third-order valence-corrected chi connectivity index (χ3v) is 5.29. The smallest absolute Gasteiger partial charge is 0.238 e. The van der Waals surface area contributed by atoms with Gasteiger partial charge in [0.15, 0.2) is 0 Å².